The first-order valence-electron chi connectivity index (χ1n) is 34.8. The molecule has 2 aromatic heterocycles. The van der Waals surface area contributed by atoms with Crippen LogP contribution in [0.2, 0.25) is 0 Å². The molecule has 3 amide bonds. The van der Waals surface area contributed by atoms with Crippen LogP contribution in [-0.4, -0.2) is 169 Å². The molecule has 0 aliphatic carbocycles. The monoisotopic (exact) mass is 2020 g/mol. The molecule has 8 aromatic rings. The van der Waals surface area contributed by atoms with E-state index in [9.17, 15) is 132 Å². The Labute approximate surface area is 760 Å². The summed E-state index contributed by atoms with van der Waals surface area (Å²) in [6.45, 7) is 7.33. The van der Waals surface area contributed by atoms with Gasteiger partial charge in [-0.2, -0.15) is 79.0 Å². The van der Waals surface area contributed by atoms with E-state index in [1.165, 1.54) is 11.1 Å². The van der Waals surface area contributed by atoms with E-state index in [1.54, 1.807) is 73.6 Å². The van der Waals surface area contributed by atoms with Gasteiger partial charge < -0.3 is 75.9 Å². The number of halogens is 20. The molecule has 57 heteroatoms. The van der Waals surface area contributed by atoms with E-state index in [4.69, 9.17) is 40.0 Å². The van der Waals surface area contributed by atoms with Crippen LogP contribution in [0.3, 0.4) is 0 Å². The van der Waals surface area contributed by atoms with Gasteiger partial charge in [-0.05, 0) is 133 Å². The van der Waals surface area contributed by atoms with Gasteiger partial charge in [0.25, 0.3) is 17.7 Å². The van der Waals surface area contributed by atoms with Crippen molar-refractivity contribution in [2.75, 3.05) is 50.7 Å². The van der Waals surface area contributed by atoms with Crippen LogP contribution < -0.4 is 41.0 Å². The molecule has 0 spiro atoms. The molecular formula is C73H80Cl2F18LiN14O16S6-3. The van der Waals surface area contributed by atoms with Crippen LogP contribution in [0.25, 0.3) is 19.6 Å². The van der Waals surface area contributed by atoms with Crippen LogP contribution in [0.4, 0.5) is 90.4 Å². The number of sulfonamides is 4. The fraction of sp³-hybridized carbons (Fsp3) is 0.315. The molecule has 2 aliphatic heterocycles. The Hall–Kier alpha value is -10.0. The SMILES string of the molecule is C.C.CCc1ccc(CN2C=CN(CCCNC(=O)c3ccc(C(=O)CCCCN4C=CN(C)C4)cc3)C2)cc1.ClCc1ccc(CCl)cc1.N.O=C(Nc1ccc(-n2ccnc2)cc1)c1ccc(C(=O)Nc2ccc(-n3ccnc3)cc2)cc1.O=S(=O)([N-]S(=O)(=O)C(F)(F)F)C(F)(F)F.O=S(=O)([N-]S(=O)(=O)C(F)(F)F)C(F)(F)F.O=[S-](=O)C(F)(F)F.O=[S-](=O)C(F)(F)F.[Li+]. The summed E-state index contributed by atoms with van der Waals surface area (Å²) in [5.41, 5.74) is -24.6. The predicted molar refractivity (Wildman–Crippen MR) is 442 cm³/mol. The minimum atomic E-state index is -6.72. The Kier molecular flexibility index (Phi) is 49.4. The van der Waals surface area contributed by atoms with Crippen molar-refractivity contribution in [2.45, 2.75) is 105 Å². The van der Waals surface area contributed by atoms with Crippen molar-refractivity contribution in [1.29, 1.82) is 0 Å². The number of imidazole rings is 2. The molecule has 0 atom stereocenters. The van der Waals surface area contributed by atoms with E-state index in [2.05, 4.69) is 109 Å². The first-order valence-corrected chi connectivity index (χ1v) is 43.7. The molecule has 0 radical (unpaired) electrons. The average molecular weight is 2020 g/mol. The molecule has 0 saturated heterocycles. The van der Waals surface area contributed by atoms with Crippen LogP contribution in [0, 0.1) is 0 Å². The zero-order valence-electron chi connectivity index (χ0n) is 66.0. The number of carbonyl (C=O) groups excluding carboxylic acids is 4. The molecule has 4 heterocycles. The Balaban J connectivity index is 0.00000163. The Bertz CT molecular complexity index is 5220. The van der Waals surface area contributed by atoms with Gasteiger partial charge in [-0.3, -0.25) is 19.2 Å². The molecule has 0 unspecified atom stereocenters. The Morgan fingerprint density at radius 3 is 1.06 bits per heavy atom. The Morgan fingerprint density at radius 1 is 0.431 bits per heavy atom. The number of carbonyl (C=O) groups is 4. The van der Waals surface area contributed by atoms with Crippen molar-refractivity contribution in [3.8, 4) is 11.4 Å². The van der Waals surface area contributed by atoms with Crippen molar-refractivity contribution in [2.24, 2.45) is 0 Å². The number of anilines is 2. The van der Waals surface area contributed by atoms with Gasteiger partial charge in [-0.15, -0.1) is 23.2 Å². The first-order chi connectivity index (χ1) is 58.3. The van der Waals surface area contributed by atoms with Gasteiger partial charge in [-0.25, -0.2) is 43.6 Å². The number of aryl methyl sites for hydroxylation is 1. The number of amides is 3. The number of unbranched alkanes of at least 4 members (excludes halogenated alkanes) is 1. The van der Waals surface area contributed by atoms with Crippen LogP contribution in [-0.2, 0) is 103 Å². The molecule has 6 aromatic carbocycles. The summed E-state index contributed by atoms with van der Waals surface area (Å²) >= 11 is 11.2. The van der Waals surface area contributed by atoms with Crippen LogP contribution in [0.15, 0.2) is 208 Å². The number of nitrogens with one attached hydrogen (secondary N) is 3. The molecule has 10 rings (SSSR count). The van der Waals surface area contributed by atoms with Crippen molar-refractivity contribution in [3.05, 3.63) is 261 Å². The van der Waals surface area contributed by atoms with Crippen molar-refractivity contribution in [1.82, 2.24) is 50.2 Å². The third-order valence-electron chi connectivity index (χ3n) is 15.6. The number of hydrogen-bond donors (Lipinski definition) is 4. The van der Waals surface area contributed by atoms with E-state index in [0.29, 0.717) is 58.4 Å². The van der Waals surface area contributed by atoms with Crippen molar-refractivity contribution >= 4 is 120 Å². The number of ketones is 1. The minimum absolute atomic E-state index is 0. The molecule has 0 fully saturated rings. The molecule has 718 valence electrons. The van der Waals surface area contributed by atoms with Crippen molar-refractivity contribution in [3.63, 3.8) is 0 Å². The fourth-order valence-corrected chi connectivity index (χ4v) is 13.1. The van der Waals surface area contributed by atoms with E-state index < -0.39 is 94.6 Å². The maximum absolute atomic E-state index is 12.6. The predicted octanol–water partition coefficient (Wildman–Crippen LogP) is 14.6. The van der Waals surface area contributed by atoms with Gasteiger partial charge in [0.1, 0.15) is 0 Å². The van der Waals surface area contributed by atoms with E-state index in [1.807, 2.05) is 94.3 Å². The molecule has 6 N–H and O–H groups in total. The normalized spacial score (nSPS) is 12.7. The number of benzene rings is 6. The number of rotatable bonds is 26. The summed E-state index contributed by atoms with van der Waals surface area (Å²) in [4.78, 5) is 67.2. The number of alkyl halides is 20. The van der Waals surface area contributed by atoms with E-state index in [0.717, 1.165) is 89.4 Å². The summed E-state index contributed by atoms with van der Waals surface area (Å²) in [6.07, 6.45) is 23.3. The summed E-state index contributed by atoms with van der Waals surface area (Å²) in [5, 5.41) is 8.73. The number of hydrogen-bond acceptors (Lipinski definition) is 25. The molecule has 130 heavy (non-hydrogen) atoms. The third kappa shape index (κ3) is 41.2. The molecule has 0 bridgehead atoms. The third-order valence-corrected chi connectivity index (χ3v) is 22.5. The molecule has 2 aliphatic rings. The van der Waals surface area contributed by atoms with Crippen LogP contribution >= 0.6 is 23.2 Å². The maximum atomic E-state index is 12.6. The second kappa shape index (κ2) is 53.5. The largest absolute Gasteiger partial charge is 1.00 e. The molecular weight excluding hydrogens is 1940 g/mol. The summed E-state index contributed by atoms with van der Waals surface area (Å²) in [6, 6.07) is 45.3. The van der Waals surface area contributed by atoms with Crippen LogP contribution in [0.5, 0.6) is 0 Å². The Morgan fingerprint density at radius 2 is 0.746 bits per heavy atom. The summed E-state index contributed by atoms with van der Waals surface area (Å²) < 4.78 is 321. The van der Waals surface area contributed by atoms with Crippen LogP contribution in [0.1, 0.15) is 111 Å². The number of Topliss-reactive ketones (excluding diaryl/α,β-unsaturated/α-hetero) is 1. The molecule has 30 nitrogen and oxygen atoms in total. The molecule has 0 saturated carbocycles. The number of aromatic nitrogens is 4. The smallest absolute Gasteiger partial charge is 0.421 e. The van der Waals surface area contributed by atoms with E-state index >= 15 is 0 Å². The van der Waals surface area contributed by atoms with Gasteiger partial charge in [-0.1, -0.05) is 82.4 Å². The quantitative estimate of drug-likeness (QED) is 0.00976. The van der Waals surface area contributed by atoms with E-state index in [-0.39, 0.29) is 63.4 Å². The summed E-state index contributed by atoms with van der Waals surface area (Å²) in [5.74, 6) is 0.679. The number of nitrogens with zero attached hydrogens (tertiary/aromatic N) is 10. The zero-order chi connectivity index (χ0) is 95.0. The first kappa shape index (κ1) is 120. The maximum Gasteiger partial charge on any atom is 1.00 e. The second-order valence-corrected chi connectivity index (χ2v) is 34.3. The topological polar surface area (TPSA) is 421 Å². The van der Waals surface area contributed by atoms with Gasteiger partial charge in [0.2, 0.25) is 0 Å². The zero-order valence-corrected chi connectivity index (χ0v) is 72.5. The average Bonchev–Trinajstić information content (AvgIpc) is 0.878. The van der Waals surface area contributed by atoms with Gasteiger partial charge in [0.15, 0.2) is 45.9 Å². The second-order valence-electron chi connectivity index (χ2n) is 25.0. The standard InChI is InChI=1S/C31H41N5O2.C26H20N6O2.C8H8Cl2.2C2F6NO4S2.2CF3O2S.2CH4.Li.H3N/c1-3-26-8-10-27(11-9-26)23-36-22-21-35(25-36)18-6-16-32-31(38)29-14-12-28(13-15-29)30(37)7-4-5-17-34-20-19-33(2)24-34;33-25(29-21-5-9-23(10-6-21)31-15-13-27-17-31)19-1-2-20(4-3-19)26(34)30-22-7-11-24(12-8-22)32-16-14-28-18-32;9-5-7-1-2-8(6-10)4-3-7;2*3-1(4,5)14(10,11)9-15(12,13)2(6,7)8;2*2-1(3,4)7(5)6;;;;/h8-15,19-22H,3-7,16-18,23-25H2,1-2H3,(H,32,38);1-18H,(H,29,33)(H,30,34);1-4H,5-6H2;;;;;2*1H4;;1H3/q;;;4*-1;;;+1;. The van der Waals surface area contributed by atoms with Crippen molar-refractivity contribution < 1.29 is 168 Å². The summed E-state index contributed by atoms with van der Waals surface area (Å²) in [7, 11) is -32.7. The fourth-order valence-electron chi connectivity index (χ4n) is 9.33. The minimum Gasteiger partial charge on any atom is -0.421 e. The van der Waals surface area contributed by atoms with Gasteiger partial charge in [0.05, 0.1) is 26.0 Å². The van der Waals surface area contributed by atoms with Gasteiger partial charge in [0, 0.05) is 167 Å². The van der Waals surface area contributed by atoms with Gasteiger partial charge >= 0.3 is 51.9 Å².